The number of halogens is 1. The van der Waals surface area contributed by atoms with Crippen molar-refractivity contribution in [3.63, 3.8) is 0 Å². The van der Waals surface area contributed by atoms with Crippen LogP contribution in [0.15, 0.2) is 4.42 Å². The zero-order valence-electron chi connectivity index (χ0n) is 9.65. The topological polar surface area (TPSA) is 51.4 Å². The van der Waals surface area contributed by atoms with E-state index < -0.39 is 0 Å². The fourth-order valence-electron chi connectivity index (χ4n) is 1.88. The minimum atomic E-state index is 0.243. The summed E-state index contributed by atoms with van der Waals surface area (Å²) < 4.78 is 13.1. The van der Waals surface area contributed by atoms with Crippen molar-refractivity contribution < 1.29 is 30.6 Å². The van der Waals surface area contributed by atoms with Gasteiger partial charge in [-0.15, -0.1) is 0 Å². The summed E-state index contributed by atoms with van der Waals surface area (Å²) in [5.74, 6) is 1.83. The van der Waals surface area contributed by atoms with Gasteiger partial charge < -0.3 is 0 Å². The van der Waals surface area contributed by atoms with Gasteiger partial charge in [-0.05, 0) is 0 Å². The van der Waals surface area contributed by atoms with Crippen molar-refractivity contribution in [3.05, 3.63) is 11.8 Å². The predicted molar refractivity (Wildman–Crippen MR) is 54.5 cm³/mol. The second-order valence-corrected chi connectivity index (χ2v) is 6.15. The van der Waals surface area contributed by atoms with E-state index in [4.69, 9.17) is 9.15 Å². The van der Waals surface area contributed by atoms with Gasteiger partial charge in [-0.3, -0.25) is 0 Å². The Morgan fingerprint density at radius 2 is 2.19 bits per heavy atom. The molecular weight excluding hydrogens is 321 g/mol. The molecule has 0 aliphatic carbocycles. The molecule has 92 valence electrons. The summed E-state index contributed by atoms with van der Waals surface area (Å²) >= 11 is 0.243. The van der Waals surface area contributed by atoms with Gasteiger partial charge in [0.15, 0.2) is 0 Å². The first-order chi connectivity index (χ1) is 7.83. The molecule has 6 heteroatoms. The molecule has 0 unspecified atom stereocenters. The van der Waals surface area contributed by atoms with Crippen LogP contribution in [0.5, 0.6) is 0 Å². The summed E-state index contributed by atoms with van der Waals surface area (Å²) in [6.07, 6.45) is 2.28. The third-order valence-electron chi connectivity index (χ3n) is 2.78. The van der Waals surface area contributed by atoms with Crippen molar-refractivity contribution >= 4 is 0 Å². The molecular formula is C10H17IN3O2-. The van der Waals surface area contributed by atoms with Crippen LogP contribution in [0, 0.1) is 0 Å². The summed E-state index contributed by atoms with van der Waals surface area (Å²) in [4.78, 5) is 2.31. The van der Waals surface area contributed by atoms with Crippen LogP contribution in [0.4, 0.5) is 0 Å². The third-order valence-corrected chi connectivity index (χ3v) is 5.11. The van der Waals surface area contributed by atoms with Gasteiger partial charge >= 0.3 is 106 Å². The molecule has 1 aliphatic rings. The maximum atomic E-state index is 5.58. The van der Waals surface area contributed by atoms with Gasteiger partial charge in [0.05, 0.1) is 0 Å². The van der Waals surface area contributed by atoms with E-state index in [1.165, 1.54) is 13.1 Å². The SMILES string of the molecule is COCc1nnc(C2CCN([I-]C)CC2)o1. The first-order valence-electron chi connectivity index (χ1n) is 5.39. The molecule has 1 aromatic rings. The Labute approximate surface area is 106 Å². The van der Waals surface area contributed by atoms with Gasteiger partial charge in [-0.1, -0.05) is 0 Å². The molecule has 0 atom stereocenters. The summed E-state index contributed by atoms with van der Waals surface area (Å²) in [7, 11) is 1.63. The zero-order chi connectivity index (χ0) is 11.4. The molecule has 0 aromatic carbocycles. The molecule has 0 amide bonds. The fourth-order valence-corrected chi connectivity index (χ4v) is 3.40. The van der Waals surface area contributed by atoms with E-state index in [9.17, 15) is 0 Å². The van der Waals surface area contributed by atoms with Gasteiger partial charge in [0, 0.05) is 0 Å². The molecule has 0 saturated carbocycles. The van der Waals surface area contributed by atoms with Crippen LogP contribution >= 0.6 is 0 Å². The van der Waals surface area contributed by atoms with E-state index in [0.29, 0.717) is 18.4 Å². The first-order valence-corrected chi connectivity index (χ1v) is 8.51. The number of alkyl halides is 1. The van der Waals surface area contributed by atoms with Crippen LogP contribution in [0.25, 0.3) is 0 Å². The molecule has 5 nitrogen and oxygen atoms in total. The number of aromatic nitrogens is 2. The Morgan fingerprint density at radius 3 is 2.81 bits per heavy atom. The molecule has 0 N–H and O–H groups in total. The fraction of sp³-hybridized carbons (Fsp3) is 0.800. The van der Waals surface area contributed by atoms with Crippen molar-refractivity contribution in [2.24, 2.45) is 0 Å². The molecule has 1 aromatic heterocycles. The molecule has 16 heavy (non-hydrogen) atoms. The Bertz CT molecular complexity index is 324. The quantitative estimate of drug-likeness (QED) is 0.362. The number of nitrogens with zero attached hydrogens (tertiary/aromatic N) is 3. The number of piperidine rings is 1. The number of rotatable bonds is 4. The van der Waals surface area contributed by atoms with Crippen molar-refractivity contribution in [1.29, 1.82) is 0 Å². The van der Waals surface area contributed by atoms with Crippen molar-refractivity contribution in [3.8, 4) is 0 Å². The molecule has 2 rings (SSSR count). The second kappa shape index (κ2) is 5.92. The summed E-state index contributed by atoms with van der Waals surface area (Å²) in [5.41, 5.74) is 0. The average molecular weight is 338 g/mol. The van der Waals surface area contributed by atoms with Crippen LogP contribution in [-0.4, -0.2) is 38.4 Å². The number of ether oxygens (including phenoxy) is 1. The van der Waals surface area contributed by atoms with Crippen LogP contribution < -0.4 is 21.5 Å². The zero-order valence-corrected chi connectivity index (χ0v) is 11.8. The van der Waals surface area contributed by atoms with E-state index in [2.05, 4.69) is 18.2 Å². The van der Waals surface area contributed by atoms with E-state index in [-0.39, 0.29) is 21.5 Å². The van der Waals surface area contributed by atoms with Crippen LogP contribution in [0.3, 0.4) is 0 Å². The van der Waals surface area contributed by atoms with Crippen LogP contribution in [0.1, 0.15) is 30.5 Å². The van der Waals surface area contributed by atoms with Crippen LogP contribution in [0.2, 0.25) is 0 Å². The molecule has 1 saturated heterocycles. The number of hydrogen-bond acceptors (Lipinski definition) is 5. The molecule has 1 aliphatic heterocycles. The third kappa shape index (κ3) is 2.92. The number of methoxy groups -OCH3 is 1. The summed E-state index contributed by atoms with van der Waals surface area (Å²) in [6.45, 7) is 2.76. The molecule has 2 heterocycles. The van der Waals surface area contributed by atoms with E-state index in [1.54, 1.807) is 7.11 Å². The molecule has 0 radical (unpaired) electrons. The maximum absolute atomic E-state index is 5.58. The van der Waals surface area contributed by atoms with E-state index in [1.807, 2.05) is 0 Å². The van der Waals surface area contributed by atoms with Gasteiger partial charge in [0.2, 0.25) is 0 Å². The molecule has 0 bridgehead atoms. The standard InChI is InChI=1S/C10H17IN3O2/c1-11-14-5-3-8(4-6-14)10-13-12-9(16-10)7-15-2/h8H,3-7H2,1-2H3/q-1. The van der Waals surface area contributed by atoms with Crippen molar-refractivity contribution in [2.45, 2.75) is 25.4 Å². The first kappa shape index (κ1) is 12.3. The van der Waals surface area contributed by atoms with Gasteiger partial charge in [0.25, 0.3) is 0 Å². The van der Waals surface area contributed by atoms with Gasteiger partial charge in [0.1, 0.15) is 0 Å². The number of hydrogen-bond donors (Lipinski definition) is 0. The Balaban J connectivity index is 1.92. The minimum absolute atomic E-state index is 0.243. The van der Waals surface area contributed by atoms with E-state index in [0.717, 1.165) is 18.7 Å². The van der Waals surface area contributed by atoms with Gasteiger partial charge in [-0.25, -0.2) is 0 Å². The second-order valence-electron chi connectivity index (χ2n) is 3.82. The molecule has 1 fully saturated rings. The summed E-state index contributed by atoms with van der Waals surface area (Å²) in [5, 5.41) is 8.08. The average Bonchev–Trinajstić information content (AvgIpc) is 2.78. The molecule has 0 spiro atoms. The van der Waals surface area contributed by atoms with Gasteiger partial charge in [-0.2, -0.15) is 0 Å². The van der Waals surface area contributed by atoms with Crippen molar-refractivity contribution in [2.75, 3.05) is 25.1 Å². The predicted octanol–water partition coefficient (Wildman–Crippen LogP) is -1.97. The van der Waals surface area contributed by atoms with Crippen LogP contribution in [-0.2, 0) is 11.3 Å². The Kier molecular flexibility index (Phi) is 4.54. The monoisotopic (exact) mass is 338 g/mol. The Hall–Kier alpha value is -0.210. The van der Waals surface area contributed by atoms with E-state index >= 15 is 0 Å². The van der Waals surface area contributed by atoms with Crippen molar-refractivity contribution in [1.82, 2.24) is 13.3 Å². The Morgan fingerprint density at radius 1 is 1.44 bits per heavy atom. The normalized spacial score (nSPS) is 19.4. The summed E-state index contributed by atoms with van der Waals surface area (Å²) in [6, 6.07) is 0.